The van der Waals surface area contributed by atoms with Crippen molar-refractivity contribution in [2.45, 2.75) is 11.8 Å². The number of nitrogens with two attached hydrogens (primary N) is 2. The molecule has 18 heteroatoms. The summed E-state index contributed by atoms with van der Waals surface area (Å²) in [6.07, 6.45) is 0. The van der Waals surface area contributed by atoms with Crippen molar-refractivity contribution in [3.63, 3.8) is 0 Å². The molecule has 54 heavy (non-hydrogen) atoms. The van der Waals surface area contributed by atoms with Crippen LogP contribution < -0.4 is 22.1 Å². The molecule has 0 saturated heterocycles. The number of nitrogens with zero attached hydrogens (tertiary/aromatic N) is 7. The maximum atomic E-state index is 12.4. The second-order valence-corrected chi connectivity index (χ2v) is 13.6. The first-order valence-electron chi connectivity index (χ1n) is 15.8. The number of aryl methyl sites for hydroxylation is 1. The normalized spacial score (nSPS) is 11.9. The van der Waals surface area contributed by atoms with Crippen molar-refractivity contribution in [1.29, 1.82) is 0 Å². The summed E-state index contributed by atoms with van der Waals surface area (Å²) in [5, 5.41) is 45.7. The number of phenols is 2. The Balaban J connectivity index is 1.10. The van der Waals surface area contributed by atoms with Gasteiger partial charge >= 0.3 is 0 Å². The van der Waals surface area contributed by atoms with Crippen molar-refractivity contribution >= 4 is 101 Å². The van der Waals surface area contributed by atoms with Gasteiger partial charge in [0.15, 0.2) is 0 Å². The zero-order valence-corrected chi connectivity index (χ0v) is 29.5. The minimum absolute atomic E-state index is 0.0387. The van der Waals surface area contributed by atoms with Gasteiger partial charge in [-0.15, -0.1) is 15.3 Å². The molecule has 0 bridgehead atoms. The second-order valence-electron chi connectivity index (χ2n) is 11.9. The summed E-state index contributed by atoms with van der Waals surface area (Å²) in [5.41, 5.74) is 15.1. The molecule has 0 atom stereocenters. The van der Waals surface area contributed by atoms with Gasteiger partial charge in [0.1, 0.15) is 33.5 Å². The predicted octanol–water partition coefficient (Wildman–Crippen LogP) is 9.28. The first-order valence-corrected chi connectivity index (χ1v) is 17.7. The van der Waals surface area contributed by atoms with E-state index in [1.54, 1.807) is 66.7 Å². The molecular weight excluding hydrogens is 734 g/mol. The number of halogens is 1. The molecule has 0 aliphatic heterocycles. The van der Waals surface area contributed by atoms with Gasteiger partial charge in [0.25, 0.3) is 10.1 Å². The summed E-state index contributed by atoms with van der Waals surface area (Å²) in [5.74, 6) is -0.0338. The number of hydrogen-bond acceptors (Lipinski definition) is 15. The highest BCUT2D eigenvalue weighted by atomic mass is 35.5. The van der Waals surface area contributed by atoms with Crippen molar-refractivity contribution in [1.82, 2.24) is 15.0 Å². The van der Waals surface area contributed by atoms with Crippen molar-refractivity contribution in [2.24, 2.45) is 20.5 Å². The minimum Gasteiger partial charge on any atom is -0.507 e. The lowest BCUT2D eigenvalue weighted by Crippen LogP contribution is -2.05. The van der Waals surface area contributed by atoms with Crippen molar-refractivity contribution in [3.8, 4) is 11.5 Å². The Morgan fingerprint density at radius 2 is 1.28 bits per heavy atom. The first-order chi connectivity index (χ1) is 25.8. The van der Waals surface area contributed by atoms with Crippen LogP contribution in [0.4, 0.5) is 57.4 Å². The van der Waals surface area contributed by atoms with E-state index in [0.717, 1.165) is 17.0 Å². The number of nitrogens with one attached hydrogen (secondary N) is 2. The monoisotopic (exact) mass is 761 g/mol. The number of hydrogen-bond donors (Lipinski definition) is 7. The third-order valence-electron chi connectivity index (χ3n) is 8.02. The molecule has 16 nitrogen and oxygen atoms in total. The summed E-state index contributed by atoms with van der Waals surface area (Å²) in [6.45, 7) is 1.82. The number of aromatic nitrogens is 3. The van der Waals surface area contributed by atoms with Crippen molar-refractivity contribution in [2.75, 3.05) is 22.1 Å². The third-order valence-corrected chi connectivity index (χ3v) is 9.07. The number of azo groups is 2. The molecule has 0 unspecified atom stereocenters. The number of rotatable bonds is 9. The molecule has 1 heterocycles. The van der Waals surface area contributed by atoms with Gasteiger partial charge in [0.05, 0.1) is 27.8 Å². The number of phenolic OH excluding ortho intramolecular Hbond substituents is 2. The lowest BCUT2D eigenvalue weighted by Gasteiger charge is -2.11. The van der Waals surface area contributed by atoms with Crippen LogP contribution >= 0.6 is 11.6 Å². The highest BCUT2D eigenvalue weighted by Gasteiger charge is 2.19. The molecule has 7 aromatic rings. The number of anilines is 6. The Kier molecular flexibility index (Phi) is 9.34. The molecule has 0 aliphatic rings. The van der Waals surface area contributed by atoms with Gasteiger partial charge in [-0.1, -0.05) is 30.3 Å². The molecule has 6 aromatic carbocycles. The fraction of sp³-hybridized carbons (Fsp3) is 0.0278. The Morgan fingerprint density at radius 1 is 0.667 bits per heavy atom. The van der Waals surface area contributed by atoms with Crippen molar-refractivity contribution in [3.05, 3.63) is 108 Å². The molecule has 0 aliphatic carbocycles. The maximum absolute atomic E-state index is 12.4. The van der Waals surface area contributed by atoms with E-state index in [1.807, 2.05) is 19.1 Å². The van der Waals surface area contributed by atoms with E-state index >= 15 is 0 Å². The molecule has 270 valence electrons. The minimum atomic E-state index is -4.81. The highest BCUT2D eigenvalue weighted by molar-refractivity contribution is 7.86. The zero-order chi connectivity index (χ0) is 38.1. The lowest BCUT2D eigenvalue weighted by atomic mass is 10.0. The predicted molar refractivity (Wildman–Crippen MR) is 207 cm³/mol. The van der Waals surface area contributed by atoms with Crippen LogP contribution in [0.1, 0.15) is 5.56 Å². The summed E-state index contributed by atoms with van der Waals surface area (Å²) in [6, 6.07) is 25.9. The SMILES string of the molecule is Cc1cc(O)c2c(N=Nc3ccc(Nc4nc(Cl)nc(Nc5ccc(N=Nc6c(N)ccc7cccc(O)c67)cc5)n4)cc3S(=O)(=O)O)c(N)ccc2c1. The van der Waals surface area contributed by atoms with Gasteiger partial charge in [-0.2, -0.15) is 28.5 Å². The van der Waals surface area contributed by atoms with E-state index in [-0.39, 0.29) is 51.4 Å². The van der Waals surface area contributed by atoms with Gasteiger partial charge < -0.3 is 32.3 Å². The van der Waals surface area contributed by atoms with Crippen molar-refractivity contribution < 1.29 is 23.2 Å². The summed E-state index contributed by atoms with van der Waals surface area (Å²) in [4.78, 5) is 11.9. The van der Waals surface area contributed by atoms with E-state index in [2.05, 4.69) is 46.0 Å². The van der Waals surface area contributed by atoms with E-state index in [0.29, 0.717) is 38.9 Å². The standard InChI is InChI=1S/C36H28ClN11O5S/c1-18-15-20-6-13-25(39)33(31(20)28(50)16-18)48-46-26-14-11-23(17-29(26)54(51,52)53)41-36-43-34(37)42-35(44-36)40-21-7-9-22(10-8-21)45-47-32-24(38)12-5-19-3-2-4-27(49)30(19)32/h2-17,49-50H,38-39H2,1H3,(H,51,52,53)(H2,40,41,42,43,44). The first kappa shape index (κ1) is 35.5. The summed E-state index contributed by atoms with van der Waals surface area (Å²) < 4.78 is 34.9. The average Bonchev–Trinajstić information content (AvgIpc) is 3.11. The number of aromatic hydroxyl groups is 2. The van der Waals surface area contributed by atoms with Crippen LogP contribution in [0.3, 0.4) is 0 Å². The quantitative estimate of drug-likeness (QED) is 0.0412. The van der Waals surface area contributed by atoms with Gasteiger partial charge in [-0.25, -0.2) is 0 Å². The van der Waals surface area contributed by atoms with Gasteiger partial charge in [0, 0.05) is 11.4 Å². The Bertz CT molecular complexity index is 2780. The molecular formula is C36H28ClN11O5S. The smallest absolute Gasteiger partial charge is 0.296 e. The Labute approximate surface area is 311 Å². The molecule has 7 rings (SSSR count). The van der Waals surface area contributed by atoms with E-state index in [1.165, 1.54) is 12.1 Å². The molecule has 1 aromatic heterocycles. The van der Waals surface area contributed by atoms with Gasteiger partial charge in [-0.3, -0.25) is 4.55 Å². The highest BCUT2D eigenvalue weighted by Crippen LogP contribution is 2.41. The average molecular weight is 762 g/mol. The summed E-state index contributed by atoms with van der Waals surface area (Å²) >= 11 is 6.19. The molecule has 0 fully saturated rings. The lowest BCUT2D eigenvalue weighted by molar-refractivity contribution is 0.480. The van der Waals surface area contributed by atoms with Crippen LogP contribution in [0.5, 0.6) is 11.5 Å². The third kappa shape index (κ3) is 7.49. The van der Waals surface area contributed by atoms with E-state index in [9.17, 15) is 23.2 Å². The molecule has 0 saturated carbocycles. The largest absolute Gasteiger partial charge is 0.507 e. The Morgan fingerprint density at radius 3 is 1.96 bits per heavy atom. The molecule has 0 spiro atoms. The van der Waals surface area contributed by atoms with Crippen LogP contribution in [0, 0.1) is 6.92 Å². The Hall–Kier alpha value is -6.95. The number of benzene rings is 6. The van der Waals surface area contributed by atoms with Gasteiger partial charge in [-0.05, 0) is 102 Å². The summed E-state index contributed by atoms with van der Waals surface area (Å²) in [7, 11) is -4.81. The van der Waals surface area contributed by atoms with Crippen LogP contribution in [0.2, 0.25) is 5.28 Å². The maximum Gasteiger partial charge on any atom is 0.296 e. The van der Waals surface area contributed by atoms with E-state index in [4.69, 9.17) is 23.1 Å². The molecule has 0 amide bonds. The van der Waals surface area contributed by atoms with Crippen LogP contribution in [-0.4, -0.2) is 38.1 Å². The molecule has 9 N–H and O–H groups in total. The van der Waals surface area contributed by atoms with Crippen LogP contribution in [0.15, 0.2) is 122 Å². The second kappa shape index (κ2) is 14.2. The zero-order valence-electron chi connectivity index (χ0n) is 28.0. The molecule has 0 radical (unpaired) electrons. The van der Waals surface area contributed by atoms with Gasteiger partial charge in [0.2, 0.25) is 17.2 Å². The number of fused-ring (bicyclic) bond motifs is 2. The fourth-order valence-electron chi connectivity index (χ4n) is 5.58. The number of nitrogen functional groups attached to an aromatic ring is 2. The topological polar surface area (TPSA) is 259 Å². The fourth-order valence-corrected chi connectivity index (χ4v) is 6.39. The van der Waals surface area contributed by atoms with Crippen LogP contribution in [-0.2, 0) is 10.1 Å². The van der Waals surface area contributed by atoms with E-state index < -0.39 is 15.0 Å². The van der Waals surface area contributed by atoms with Crippen LogP contribution in [0.25, 0.3) is 21.5 Å².